The molecule has 2 aromatic rings. The van der Waals surface area contributed by atoms with Crippen molar-refractivity contribution in [3.05, 3.63) is 57.6 Å². The molecule has 0 amide bonds. The first-order valence-electron chi connectivity index (χ1n) is 8.92. The molecule has 0 bridgehead atoms. The predicted molar refractivity (Wildman–Crippen MR) is 101 cm³/mol. The van der Waals surface area contributed by atoms with Gasteiger partial charge in [-0.25, -0.2) is 0 Å². The summed E-state index contributed by atoms with van der Waals surface area (Å²) < 4.78 is 0. The summed E-state index contributed by atoms with van der Waals surface area (Å²) in [7, 11) is 0. The summed E-state index contributed by atoms with van der Waals surface area (Å²) in [6.07, 6.45) is 0.396. The van der Waals surface area contributed by atoms with Crippen LogP contribution in [0.4, 0.5) is 0 Å². The summed E-state index contributed by atoms with van der Waals surface area (Å²) in [5.74, 6) is 0.132. The fourth-order valence-electron chi connectivity index (χ4n) is 3.28. The van der Waals surface area contributed by atoms with Crippen LogP contribution in [-0.2, 0) is 17.3 Å². The Morgan fingerprint density at radius 1 is 0.630 bits per heavy atom. The third-order valence-electron chi connectivity index (χ3n) is 4.62. The van der Waals surface area contributed by atoms with Gasteiger partial charge in [-0.05, 0) is 42.2 Å². The second-order valence-electron chi connectivity index (χ2n) is 9.28. The van der Waals surface area contributed by atoms with Crippen LogP contribution < -0.4 is 47.9 Å². The molecule has 4 heteroatoms. The van der Waals surface area contributed by atoms with E-state index in [1.807, 2.05) is 38.1 Å². The molecule has 0 unspecified atom stereocenters. The van der Waals surface area contributed by atoms with E-state index in [-0.39, 0.29) is 60.1 Å². The Balaban J connectivity index is 0.00000338. The van der Waals surface area contributed by atoms with E-state index in [0.29, 0.717) is 17.5 Å². The number of hydrogen-bond acceptors (Lipinski definition) is 2. The van der Waals surface area contributed by atoms with Crippen LogP contribution in [0.3, 0.4) is 0 Å². The summed E-state index contributed by atoms with van der Waals surface area (Å²) in [5, 5.41) is 25.9. The summed E-state index contributed by atoms with van der Waals surface area (Å²) in [4.78, 5) is 0. The van der Waals surface area contributed by atoms with Gasteiger partial charge in [0.2, 0.25) is 0 Å². The molecule has 2 rings (SSSR count). The molecule has 0 atom stereocenters. The molecule has 0 aliphatic heterocycles. The fraction of sp³-hybridized carbons (Fsp3) is 0.478. The average Bonchev–Trinajstić information content (AvgIpc) is 2.43. The molecule has 2 nitrogen and oxygen atoms in total. The number of benzene rings is 2. The van der Waals surface area contributed by atoms with Crippen LogP contribution >= 0.6 is 0 Å². The largest absolute Gasteiger partial charge is 1.00 e. The Hall–Kier alpha value is -0.765. The van der Waals surface area contributed by atoms with Gasteiger partial charge in [0.05, 0.1) is 0 Å². The molecule has 136 valence electrons. The van der Waals surface area contributed by atoms with E-state index in [1.165, 1.54) is 0 Å². The van der Waals surface area contributed by atoms with Gasteiger partial charge in [0.1, 0.15) is 0 Å². The minimum absolute atomic E-state index is 0. The van der Waals surface area contributed by atoms with Crippen LogP contribution in [0, 0.1) is 13.8 Å². The third-order valence-corrected chi connectivity index (χ3v) is 4.62. The van der Waals surface area contributed by atoms with Gasteiger partial charge in [0.25, 0.3) is 0 Å². The van der Waals surface area contributed by atoms with E-state index >= 15 is 0 Å². The summed E-state index contributed by atoms with van der Waals surface area (Å²) in [5.41, 5.74) is 4.78. The average molecular weight is 352 g/mol. The van der Waals surface area contributed by atoms with Crippen molar-refractivity contribution in [3.63, 3.8) is 0 Å². The minimum atomic E-state index is -0.207. The minimum Gasteiger partial charge on any atom is -0.872 e. The SMILES string of the molecule is Cc1cc(Cc2cc(C)cc(C(C)(C)C)c2[O-])c([O-])c(C(C)(C)C)c1.[Li+].[Li+]. The molecule has 0 fully saturated rings. The number of hydrogen-bond donors (Lipinski definition) is 0. The van der Waals surface area contributed by atoms with Crippen molar-refractivity contribution in [1.29, 1.82) is 0 Å². The molecule has 0 aliphatic rings. The van der Waals surface area contributed by atoms with Crippen molar-refractivity contribution in [2.24, 2.45) is 0 Å². The maximum absolute atomic E-state index is 12.9. The van der Waals surface area contributed by atoms with Crippen molar-refractivity contribution in [3.8, 4) is 11.5 Å². The summed E-state index contributed by atoms with van der Waals surface area (Å²) in [6.45, 7) is 16.3. The molecule has 2 aromatic carbocycles. The smallest absolute Gasteiger partial charge is 0.872 e. The van der Waals surface area contributed by atoms with Gasteiger partial charge in [-0.15, -0.1) is 11.5 Å². The Bertz CT molecular complexity index is 730. The quantitative estimate of drug-likeness (QED) is 0.627. The number of rotatable bonds is 2. The van der Waals surface area contributed by atoms with Gasteiger partial charge < -0.3 is 10.2 Å². The molecule has 0 saturated heterocycles. The van der Waals surface area contributed by atoms with Gasteiger partial charge in [0.15, 0.2) is 0 Å². The second-order valence-corrected chi connectivity index (χ2v) is 9.28. The normalized spacial score (nSPS) is 11.6. The van der Waals surface area contributed by atoms with Crippen LogP contribution in [0.5, 0.6) is 11.5 Å². The zero-order valence-corrected chi connectivity index (χ0v) is 18.8. The first-order chi connectivity index (χ1) is 11.3. The van der Waals surface area contributed by atoms with Crippen molar-refractivity contribution in [2.75, 3.05) is 0 Å². The summed E-state index contributed by atoms with van der Waals surface area (Å²) in [6, 6.07) is 7.80. The Labute approximate surface area is 189 Å². The molecule has 0 N–H and O–H groups in total. The standard InChI is InChI=1S/C23H32O2.2Li/c1-14-9-16(20(24)18(11-14)22(3,4)5)13-17-10-15(2)12-19(21(17)25)23(6,7)8;;/h9-12,24-25H,13H2,1-8H3;;/q;2*+1/p-2. The molecule has 0 heterocycles. The maximum atomic E-state index is 12.9. The molecule has 27 heavy (non-hydrogen) atoms. The van der Waals surface area contributed by atoms with Crippen LogP contribution in [0.15, 0.2) is 24.3 Å². The summed E-state index contributed by atoms with van der Waals surface area (Å²) >= 11 is 0. The van der Waals surface area contributed by atoms with Gasteiger partial charge in [-0.3, -0.25) is 0 Å². The van der Waals surface area contributed by atoms with Crippen LogP contribution in [0.25, 0.3) is 0 Å². The molecular formula is C23H30Li2O2. The Kier molecular flexibility index (Phi) is 8.90. The van der Waals surface area contributed by atoms with Crippen LogP contribution in [0.1, 0.15) is 74.9 Å². The van der Waals surface area contributed by atoms with E-state index in [1.54, 1.807) is 0 Å². The van der Waals surface area contributed by atoms with Gasteiger partial charge in [0, 0.05) is 0 Å². The fourth-order valence-corrected chi connectivity index (χ4v) is 3.28. The Morgan fingerprint density at radius 3 is 1.19 bits per heavy atom. The zero-order valence-electron chi connectivity index (χ0n) is 18.8. The van der Waals surface area contributed by atoms with Crippen molar-refractivity contribution in [1.82, 2.24) is 0 Å². The third kappa shape index (κ3) is 6.11. The van der Waals surface area contributed by atoms with Crippen molar-refractivity contribution < 1.29 is 47.9 Å². The van der Waals surface area contributed by atoms with E-state index in [2.05, 4.69) is 41.5 Å². The number of aryl methyl sites for hydroxylation is 2. The van der Waals surface area contributed by atoms with Gasteiger partial charge >= 0.3 is 37.7 Å². The molecule has 0 spiro atoms. The first-order valence-corrected chi connectivity index (χ1v) is 8.92. The van der Waals surface area contributed by atoms with E-state index in [0.717, 1.165) is 22.3 Å². The van der Waals surface area contributed by atoms with Crippen molar-refractivity contribution >= 4 is 0 Å². The molecule has 0 aromatic heterocycles. The molecule has 0 radical (unpaired) electrons. The molecule has 0 saturated carbocycles. The topological polar surface area (TPSA) is 46.1 Å². The molecule has 0 aliphatic carbocycles. The van der Waals surface area contributed by atoms with Crippen LogP contribution in [-0.4, -0.2) is 0 Å². The van der Waals surface area contributed by atoms with Crippen LogP contribution in [0.2, 0.25) is 0 Å². The Morgan fingerprint density at radius 2 is 0.926 bits per heavy atom. The monoisotopic (exact) mass is 352 g/mol. The van der Waals surface area contributed by atoms with Gasteiger partial charge in [-0.2, -0.15) is 0 Å². The zero-order chi connectivity index (χ0) is 19.2. The van der Waals surface area contributed by atoms with E-state index in [4.69, 9.17) is 0 Å². The second kappa shape index (κ2) is 9.16. The van der Waals surface area contributed by atoms with Crippen molar-refractivity contribution in [2.45, 2.75) is 72.6 Å². The molecular weight excluding hydrogens is 322 g/mol. The van der Waals surface area contributed by atoms with E-state index in [9.17, 15) is 10.2 Å². The first kappa shape index (κ1) is 26.2. The maximum Gasteiger partial charge on any atom is 1.00 e. The van der Waals surface area contributed by atoms with E-state index < -0.39 is 0 Å². The predicted octanol–water partition coefficient (Wildman–Crippen LogP) is -1.36. The van der Waals surface area contributed by atoms with Gasteiger partial charge in [-0.1, -0.05) is 88.1 Å².